The van der Waals surface area contributed by atoms with Crippen molar-refractivity contribution < 1.29 is 17.6 Å². The first-order valence-electron chi connectivity index (χ1n) is 3.64. The van der Waals surface area contributed by atoms with Gasteiger partial charge in [-0.3, -0.25) is 0 Å². The van der Waals surface area contributed by atoms with Gasteiger partial charge in [-0.05, 0) is 17.9 Å². The summed E-state index contributed by atoms with van der Waals surface area (Å²) >= 11 is 0. The summed E-state index contributed by atoms with van der Waals surface area (Å²) in [6.45, 7) is 4.82. The van der Waals surface area contributed by atoms with Crippen LogP contribution in [0.15, 0.2) is 11.9 Å². The molecule has 0 nitrogen and oxygen atoms in total. The standard InChI is InChI=1S/C8H12F4/c1-4-7(2,3)5-6(9)8(10,11)12/h5H,4H2,1-3H3/b6-5-. The predicted octanol–water partition coefficient (Wildman–Crippen LogP) is 3.84. The number of rotatable bonds is 2. The molecule has 0 N–H and O–H groups in total. The third-order valence-corrected chi connectivity index (χ3v) is 1.70. The van der Waals surface area contributed by atoms with Crippen molar-refractivity contribution in [2.24, 2.45) is 5.41 Å². The Morgan fingerprint density at radius 2 is 1.67 bits per heavy atom. The summed E-state index contributed by atoms with van der Waals surface area (Å²) in [6, 6.07) is 0. The lowest BCUT2D eigenvalue weighted by Gasteiger charge is -2.17. The van der Waals surface area contributed by atoms with Crippen LogP contribution in [0, 0.1) is 5.41 Å². The Hall–Kier alpha value is -0.540. The van der Waals surface area contributed by atoms with Crippen molar-refractivity contribution >= 4 is 0 Å². The third-order valence-electron chi connectivity index (χ3n) is 1.70. The van der Waals surface area contributed by atoms with E-state index in [1.165, 1.54) is 0 Å². The van der Waals surface area contributed by atoms with Crippen LogP contribution in [0.5, 0.6) is 0 Å². The summed E-state index contributed by atoms with van der Waals surface area (Å²) in [4.78, 5) is 0. The fourth-order valence-corrected chi connectivity index (χ4v) is 0.527. The Balaban J connectivity index is 4.57. The van der Waals surface area contributed by atoms with E-state index in [0.717, 1.165) is 0 Å². The van der Waals surface area contributed by atoms with Crippen molar-refractivity contribution in [1.29, 1.82) is 0 Å². The summed E-state index contributed by atoms with van der Waals surface area (Å²) in [5, 5.41) is 0. The van der Waals surface area contributed by atoms with E-state index in [9.17, 15) is 17.6 Å². The van der Waals surface area contributed by atoms with Gasteiger partial charge in [-0.1, -0.05) is 20.8 Å². The zero-order chi connectivity index (χ0) is 9.99. The second-order valence-electron chi connectivity index (χ2n) is 3.33. The number of hydrogen-bond acceptors (Lipinski definition) is 0. The molecule has 0 aromatic carbocycles. The van der Waals surface area contributed by atoms with Crippen molar-refractivity contribution in [2.75, 3.05) is 0 Å². The van der Waals surface area contributed by atoms with Gasteiger partial charge in [-0.15, -0.1) is 0 Å². The Morgan fingerprint density at radius 1 is 1.25 bits per heavy atom. The van der Waals surface area contributed by atoms with Gasteiger partial charge >= 0.3 is 6.18 Å². The normalized spacial score (nSPS) is 15.1. The summed E-state index contributed by atoms with van der Waals surface area (Å²) in [5.41, 5.74) is -0.737. The van der Waals surface area contributed by atoms with Crippen LogP contribution in [0.4, 0.5) is 17.6 Å². The molecule has 0 aliphatic carbocycles. The molecule has 0 aromatic heterocycles. The van der Waals surface area contributed by atoms with Gasteiger partial charge in [0.25, 0.3) is 0 Å². The maximum atomic E-state index is 12.3. The molecule has 0 amide bonds. The second-order valence-corrected chi connectivity index (χ2v) is 3.33. The minimum absolute atomic E-state index is 0.469. The van der Waals surface area contributed by atoms with Crippen LogP contribution in [-0.2, 0) is 0 Å². The highest BCUT2D eigenvalue weighted by atomic mass is 19.4. The summed E-state index contributed by atoms with van der Waals surface area (Å²) in [7, 11) is 0. The molecule has 0 aliphatic rings. The van der Waals surface area contributed by atoms with E-state index in [0.29, 0.717) is 12.5 Å². The van der Waals surface area contributed by atoms with Crippen molar-refractivity contribution in [3.05, 3.63) is 11.9 Å². The van der Waals surface area contributed by atoms with Crippen LogP contribution in [0.1, 0.15) is 27.2 Å². The van der Waals surface area contributed by atoms with Gasteiger partial charge in [0.2, 0.25) is 5.83 Å². The van der Waals surface area contributed by atoms with Crippen LogP contribution < -0.4 is 0 Å². The molecule has 4 heteroatoms. The van der Waals surface area contributed by atoms with Gasteiger partial charge in [-0.2, -0.15) is 13.2 Å². The average Bonchev–Trinajstić information content (AvgIpc) is 1.85. The van der Waals surface area contributed by atoms with Crippen LogP contribution in [-0.4, -0.2) is 6.18 Å². The Morgan fingerprint density at radius 3 is 1.92 bits per heavy atom. The predicted molar refractivity (Wildman–Crippen MR) is 39.3 cm³/mol. The highest BCUT2D eigenvalue weighted by molar-refractivity contribution is 5.05. The zero-order valence-electron chi connectivity index (χ0n) is 7.30. The quantitative estimate of drug-likeness (QED) is 0.572. The molecule has 0 atom stereocenters. The first kappa shape index (κ1) is 11.5. The fraction of sp³-hybridized carbons (Fsp3) is 0.750. The van der Waals surface area contributed by atoms with Crippen molar-refractivity contribution in [3.8, 4) is 0 Å². The van der Waals surface area contributed by atoms with Crippen LogP contribution in [0.3, 0.4) is 0 Å². The van der Waals surface area contributed by atoms with Crippen LogP contribution in [0.25, 0.3) is 0 Å². The lowest BCUT2D eigenvalue weighted by atomic mass is 9.90. The van der Waals surface area contributed by atoms with E-state index in [2.05, 4.69) is 0 Å². The molecule has 0 fully saturated rings. The Labute approximate surface area is 69.3 Å². The topological polar surface area (TPSA) is 0 Å². The van der Waals surface area contributed by atoms with E-state index >= 15 is 0 Å². The van der Waals surface area contributed by atoms with Crippen LogP contribution >= 0.6 is 0 Å². The van der Waals surface area contributed by atoms with Crippen LogP contribution in [0.2, 0.25) is 0 Å². The molecule has 0 bridgehead atoms. The van der Waals surface area contributed by atoms with E-state index in [4.69, 9.17) is 0 Å². The summed E-state index contributed by atoms with van der Waals surface area (Å²) in [6.07, 6.45) is -3.75. The highest BCUT2D eigenvalue weighted by Gasteiger charge is 2.35. The first-order valence-corrected chi connectivity index (χ1v) is 3.64. The zero-order valence-corrected chi connectivity index (χ0v) is 7.30. The van der Waals surface area contributed by atoms with Crippen molar-refractivity contribution in [3.63, 3.8) is 0 Å². The molecule has 0 unspecified atom stereocenters. The lowest BCUT2D eigenvalue weighted by molar-refractivity contribution is -0.109. The van der Waals surface area contributed by atoms with E-state index in [1.807, 2.05) is 0 Å². The molecular formula is C8H12F4. The minimum atomic E-state index is -4.84. The van der Waals surface area contributed by atoms with E-state index < -0.39 is 17.4 Å². The molecule has 0 aliphatic heterocycles. The minimum Gasteiger partial charge on any atom is -0.202 e. The second kappa shape index (κ2) is 3.46. The van der Waals surface area contributed by atoms with Crippen molar-refractivity contribution in [1.82, 2.24) is 0 Å². The molecule has 0 spiro atoms. The number of hydrogen-bond donors (Lipinski definition) is 0. The molecule has 0 saturated heterocycles. The summed E-state index contributed by atoms with van der Waals surface area (Å²) in [5.74, 6) is -2.01. The summed E-state index contributed by atoms with van der Waals surface area (Å²) < 4.78 is 47.3. The maximum absolute atomic E-state index is 12.3. The Kier molecular flexibility index (Phi) is 3.30. The number of halogens is 4. The molecule has 72 valence electrons. The first-order chi connectivity index (χ1) is 5.19. The van der Waals surface area contributed by atoms with Gasteiger partial charge in [0.05, 0.1) is 0 Å². The van der Waals surface area contributed by atoms with Gasteiger partial charge in [0.15, 0.2) is 0 Å². The van der Waals surface area contributed by atoms with Crippen molar-refractivity contribution in [2.45, 2.75) is 33.4 Å². The third kappa shape index (κ3) is 3.74. The fourth-order valence-electron chi connectivity index (χ4n) is 0.527. The van der Waals surface area contributed by atoms with Gasteiger partial charge in [0, 0.05) is 0 Å². The van der Waals surface area contributed by atoms with Gasteiger partial charge in [0.1, 0.15) is 0 Å². The smallest absolute Gasteiger partial charge is 0.202 e. The molecule has 0 saturated carbocycles. The largest absolute Gasteiger partial charge is 0.442 e. The SMILES string of the molecule is CCC(C)(C)/C=C(\F)C(F)(F)F. The lowest BCUT2D eigenvalue weighted by Crippen LogP contribution is -2.13. The number of allylic oxidation sites excluding steroid dienone is 2. The molecule has 0 rings (SSSR count). The monoisotopic (exact) mass is 184 g/mol. The molecular weight excluding hydrogens is 172 g/mol. The average molecular weight is 184 g/mol. The Bertz CT molecular complexity index is 176. The van der Waals surface area contributed by atoms with Gasteiger partial charge in [-0.25, -0.2) is 4.39 Å². The van der Waals surface area contributed by atoms with Gasteiger partial charge < -0.3 is 0 Å². The molecule has 0 heterocycles. The molecule has 12 heavy (non-hydrogen) atoms. The molecule has 0 aromatic rings. The number of alkyl halides is 3. The maximum Gasteiger partial charge on any atom is 0.442 e. The van der Waals surface area contributed by atoms with E-state index in [1.54, 1.807) is 20.8 Å². The molecule has 0 radical (unpaired) electrons. The van der Waals surface area contributed by atoms with E-state index in [-0.39, 0.29) is 0 Å². The highest BCUT2D eigenvalue weighted by Crippen LogP contribution is 2.32.